The van der Waals surface area contributed by atoms with E-state index in [1.165, 1.54) is 25.8 Å². The zero-order valence-electron chi connectivity index (χ0n) is 13.2. The Labute approximate surface area is 119 Å². The minimum atomic E-state index is -0.328. The predicted molar refractivity (Wildman–Crippen MR) is 81.0 cm³/mol. The molecule has 0 amide bonds. The largest absolute Gasteiger partial charge is 0.306 e. The molecule has 0 spiro atoms. The van der Waals surface area contributed by atoms with Crippen molar-refractivity contribution in [2.45, 2.75) is 70.9 Å². The Balaban J connectivity index is 2.28. The normalized spacial score (nSPS) is 19.2. The van der Waals surface area contributed by atoms with Gasteiger partial charge in [0.2, 0.25) is 0 Å². The first-order valence-electron chi connectivity index (χ1n) is 7.89. The van der Waals surface area contributed by atoms with E-state index >= 15 is 0 Å². The van der Waals surface area contributed by atoms with Crippen molar-refractivity contribution in [1.29, 1.82) is 5.26 Å². The molecule has 1 atom stereocenters. The van der Waals surface area contributed by atoms with Crippen molar-refractivity contribution in [3.05, 3.63) is 0 Å². The fourth-order valence-electron chi connectivity index (χ4n) is 2.93. The van der Waals surface area contributed by atoms with Crippen LogP contribution in [0.4, 0.5) is 0 Å². The molecule has 0 saturated heterocycles. The van der Waals surface area contributed by atoms with Gasteiger partial charge >= 0.3 is 0 Å². The van der Waals surface area contributed by atoms with Crippen molar-refractivity contribution < 1.29 is 0 Å². The Bertz CT molecular complexity index is 291. The van der Waals surface area contributed by atoms with Crippen molar-refractivity contribution in [3.63, 3.8) is 0 Å². The van der Waals surface area contributed by atoms with Gasteiger partial charge in [-0.3, -0.25) is 5.32 Å². The highest BCUT2D eigenvalue weighted by Crippen LogP contribution is 2.27. The van der Waals surface area contributed by atoms with Crippen LogP contribution in [0, 0.1) is 17.2 Å². The van der Waals surface area contributed by atoms with Crippen LogP contribution in [0.1, 0.15) is 59.3 Å². The molecule has 1 fully saturated rings. The summed E-state index contributed by atoms with van der Waals surface area (Å²) in [6.45, 7) is 8.69. The van der Waals surface area contributed by atoms with Crippen LogP contribution in [0.3, 0.4) is 0 Å². The molecule has 0 aromatic carbocycles. The van der Waals surface area contributed by atoms with Crippen molar-refractivity contribution in [2.24, 2.45) is 5.92 Å². The third-order valence-electron chi connectivity index (χ3n) is 4.32. The van der Waals surface area contributed by atoms with E-state index in [-0.39, 0.29) is 5.54 Å². The van der Waals surface area contributed by atoms with E-state index in [0.717, 1.165) is 31.7 Å². The lowest BCUT2D eigenvalue weighted by Crippen LogP contribution is -2.47. The minimum absolute atomic E-state index is 0.328. The number of nitrogens with zero attached hydrogens (tertiary/aromatic N) is 2. The predicted octanol–water partition coefficient (Wildman–Crippen LogP) is 3.17. The highest BCUT2D eigenvalue weighted by molar-refractivity contribution is 5.06. The molecular weight excluding hydrogens is 234 g/mol. The van der Waals surface area contributed by atoms with Gasteiger partial charge < -0.3 is 4.90 Å². The van der Waals surface area contributed by atoms with Gasteiger partial charge in [-0.15, -0.1) is 0 Å². The number of rotatable bonds is 9. The monoisotopic (exact) mass is 265 g/mol. The van der Waals surface area contributed by atoms with Gasteiger partial charge in [-0.25, -0.2) is 0 Å². The fourth-order valence-corrected chi connectivity index (χ4v) is 2.93. The molecule has 0 aliphatic heterocycles. The van der Waals surface area contributed by atoms with E-state index in [2.05, 4.69) is 44.1 Å². The first-order chi connectivity index (χ1) is 9.01. The van der Waals surface area contributed by atoms with Crippen molar-refractivity contribution >= 4 is 0 Å². The van der Waals surface area contributed by atoms with Crippen LogP contribution in [-0.4, -0.2) is 36.6 Å². The first kappa shape index (κ1) is 16.5. The van der Waals surface area contributed by atoms with Gasteiger partial charge in [-0.1, -0.05) is 13.3 Å². The smallest absolute Gasteiger partial charge is 0.106 e. The molecule has 110 valence electrons. The van der Waals surface area contributed by atoms with E-state index in [9.17, 15) is 5.26 Å². The van der Waals surface area contributed by atoms with Crippen molar-refractivity contribution in [3.8, 4) is 6.07 Å². The summed E-state index contributed by atoms with van der Waals surface area (Å²) in [6, 6.07) is 2.87. The highest BCUT2D eigenvalue weighted by atomic mass is 15.1. The van der Waals surface area contributed by atoms with Crippen LogP contribution in [0.2, 0.25) is 0 Å². The molecule has 0 aromatic rings. The second-order valence-corrected chi connectivity index (χ2v) is 6.51. The molecule has 1 rings (SSSR count). The van der Waals surface area contributed by atoms with E-state index < -0.39 is 0 Å². The molecule has 1 N–H and O–H groups in total. The topological polar surface area (TPSA) is 39.1 Å². The molecule has 1 unspecified atom stereocenters. The zero-order chi connectivity index (χ0) is 14.3. The third kappa shape index (κ3) is 5.50. The second kappa shape index (κ2) is 7.87. The minimum Gasteiger partial charge on any atom is -0.306 e. The Morgan fingerprint density at radius 3 is 2.53 bits per heavy atom. The maximum absolute atomic E-state index is 9.46. The van der Waals surface area contributed by atoms with E-state index in [1.807, 2.05) is 0 Å². The highest BCUT2D eigenvalue weighted by Gasteiger charge is 2.28. The molecule has 0 heterocycles. The summed E-state index contributed by atoms with van der Waals surface area (Å²) < 4.78 is 0. The standard InChI is InChI=1S/C16H31N3/c1-5-16(13-17,18-14(2)3)10-7-11-19(4)12-15-8-6-9-15/h14-15,18H,5-12H2,1-4H3. The summed E-state index contributed by atoms with van der Waals surface area (Å²) in [5, 5.41) is 12.9. The van der Waals surface area contributed by atoms with Crippen LogP contribution in [-0.2, 0) is 0 Å². The first-order valence-corrected chi connectivity index (χ1v) is 7.89. The SMILES string of the molecule is CCC(C#N)(CCCN(C)CC1CCC1)NC(C)C. The average Bonchev–Trinajstić information content (AvgIpc) is 2.32. The molecule has 3 nitrogen and oxygen atoms in total. The number of nitriles is 1. The number of hydrogen-bond acceptors (Lipinski definition) is 3. The van der Waals surface area contributed by atoms with Crippen LogP contribution >= 0.6 is 0 Å². The fraction of sp³-hybridized carbons (Fsp3) is 0.938. The lowest BCUT2D eigenvalue weighted by atomic mass is 9.85. The molecule has 1 aliphatic rings. The van der Waals surface area contributed by atoms with Crippen molar-refractivity contribution in [2.75, 3.05) is 20.1 Å². The van der Waals surface area contributed by atoms with E-state index in [4.69, 9.17) is 0 Å². The quantitative estimate of drug-likeness (QED) is 0.696. The molecule has 1 saturated carbocycles. The van der Waals surface area contributed by atoms with Crippen LogP contribution in [0.25, 0.3) is 0 Å². The summed E-state index contributed by atoms with van der Waals surface area (Å²) in [6.07, 6.45) is 7.18. The summed E-state index contributed by atoms with van der Waals surface area (Å²) in [5.74, 6) is 0.936. The van der Waals surface area contributed by atoms with Gasteiger partial charge in [0.15, 0.2) is 0 Å². The lowest BCUT2D eigenvalue weighted by molar-refractivity contribution is 0.198. The summed E-state index contributed by atoms with van der Waals surface area (Å²) in [5.41, 5.74) is -0.328. The van der Waals surface area contributed by atoms with Gasteiger partial charge in [0, 0.05) is 12.6 Å². The third-order valence-corrected chi connectivity index (χ3v) is 4.32. The van der Waals surface area contributed by atoms with Gasteiger partial charge in [-0.2, -0.15) is 5.26 Å². The maximum atomic E-state index is 9.46. The number of hydrogen-bond donors (Lipinski definition) is 1. The zero-order valence-corrected chi connectivity index (χ0v) is 13.2. The Kier molecular flexibility index (Phi) is 6.82. The lowest BCUT2D eigenvalue weighted by Gasteiger charge is -2.32. The number of nitrogens with one attached hydrogen (secondary N) is 1. The Morgan fingerprint density at radius 1 is 1.42 bits per heavy atom. The van der Waals surface area contributed by atoms with E-state index in [0.29, 0.717) is 6.04 Å². The average molecular weight is 265 g/mol. The van der Waals surface area contributed by atoms with Crippen LogP contribution in [0.15, 0.2) is 0 Å². The molecule has 1 aliphatic carbocycles. The van der Waals surface area contributed by atoms with Gasteiger partial charge in [0.05, 0.1) is 6.07 Å². The van der Waals surface area contributed by atoms with Crippen LogP contribution in [0.5, 0.6) is 0 Å². The summed E-state index contributed by atoms with van der Waals surface area (Å²) >= 11 is 0. The summed E-state index contributed by atoms with van der Waals surface area (Å²) in [4.78, 5) is 2.44. The molecule has 19 heavy (non-hydrogen) atoms. The van der Waals surface area contributed by atoms with Crippen molar-refractivity contribution in [1.82, 2.24) is 10.2 Å². The summed E-state index contributed by atoms with van der Waals surface area (Å²) in [7, 11) is 2.22. The molecule has 0 radical (unpaired) electrons. The van der Waals surface area contributed by atoms with Crippen LogP contribution < -0.4 is 5.32 Å². The Hall–Kier alpha value is -0.590. The van der Waals surface area contributed by atoms with Gasteiger partial charge in [0.1, 0.15) is 5.54 Å². The maximum Gasteiger partial charge on any atom is 0.106 e. The van der Waals surface area contributed by atoms with E-state index in [1.54, 1.807) is 0 Å². The molecule has 0 aromatic heterocycles. The van der Waals surface area contributed by atoms with Gasteiger partial charge in [0.25, 0.3) is 0 Å². The second-order valence-electron chi connectivity index (χ2n) is 6.51. The molecule has 3 heteroatoms. The molecular formula is C16H31N3. The molecule has 0 bridgehead atoms. The van der Waals surface area contributed by atoms with Gasteiger partial charge in [-0.05, 0) is 65.5 Å². The Morgan fingerprint density at radius 2 is 2.11 bits per heavy atom.